The van der Waals surface area contributed by atoms with E-state index >= 15 is 0 Å². The molecule has 46 heavy (non-hydrogen) atoms. The van der Waals surface area contributed by atoms with Gasteiger partial charge in [0.05, 0.1) is 16.6 Å². The van der Waals surface area contributed by atoms with Crippen LogP contribution >= 0.6 is 11.3 Å². The summed E-state index contributed by atoms with van der Waals surface area (Å²) in [6.45, 7) is 0. The number of fused-ring (bicyclic) bond motifs is 8. The van der Waals surface area contributed by atoms with Crippen molar-refractivity contribution in [2.45, 2.75) is 0 Å². The highest BCUT2D eigenvalue weighted by Crippen LogP contribution is 2.41. The van der Waals surface area contributed by atoms with Gasteiger partial charge < -0.3 is 0 Å². The summed E-state index contributed by atoms with van der Waals surface area (Å²) in [5.41, 5.74) is 6.55. The molecule has 3 heterocycles. The zero-order chi connectivity index (χ0) is 30.2. The Hall–Kier alpha value is -5.84. The summed E-state index contributed by atoms with van der Waals surface area (Å²) < 4.78 is 4.82. The van der Waals surface area contributed by atoms with Gasteiger partial charge in [0, 0.05) is 41.9 Å². The fourth-order valence-electron chi connectivity index (χ4n) is 7.02. The maximum Gasteiger partial charge on any atom is 0.163 e. The fraction of sp³-hybridized carbons (Fsp3) is 0. The lowest BCUT2D eigenvalue weighted by Crippen LogP contribution is -2.03. The molecule has 3 nitrogen and oxygen atoms in total. The van der Waals surface area contributed by atoms with E-state index in [1.165, 1.54) is 47.3 Å². The van der Waals surface area contributed by atoms with Gasteiger partial charge in [-0.25, -0.2) is 9.97 Å². The van der Waals surface area contributed by atoms with Gasteiger partial charge in [0.25, 0.3) is 0 Å². The standard InChI is InChI=1S/C42H25N3S/c1-2-11-26(12-3-1)29-21-22-33-36(24-29)43-41(34-18-10-17-32-31-16-7-9-20-39(31)46-40(32)34)44-42(33)45-37-19-8-6-15-30(37)35-23-27-13-4-5-14-28(27)25-38(35)45/h1-25H. The van der Waals surface area contributed by atoms with E-state index in [4.69, 9.17) is 9.97 Å². The predicted octanol–water partition coefficient (Wildman–Crippen LogP) is 11.6. The first-order valence-corrected chi connectivity index (χ1v) is 16.3. The summed E-state index contributed by atoms with van der Waals surface area (Å²) in [7, 11) is 0. The third-order valence-corrected chi connectivity index (χ3v) is 10.4. The van der Waals surface area contributed by atoms with Crippen molar-refractivity contribution in [3.63, 3.8) is 0 Å². The van der Waals surface area contributed by atoms with Gasteiger partial charge in [-0.3, -0.25) is 4.57 Å². The Morgan fingerprint density at radius 2 is 1.20 bits per heavy atom. The second-order valence-electron chi connectivity index (χ2n) is 11.8. The third kappa shape index (κ3) is 3.77. The monoisotopic (exact) mass is 603 g/mol. The van der Waals surface area contributed by atoms with Crippen molar-refractivity contribution < 1.29 is 0 Å². The number of hydrogen-bond donors (Lipinski definition) is 0. The molecule has 7 aromatic carbocycles. The lowest BCUT2D eigenvalue weighted by molar-refractivity contribution is 1.08. The van der Waals surface area contributed by atoms with Crippen LogP contribution in [0.25, 0.3) is 92.0 Å². The lowest BCUT2D eigenvalue weighted by Gasteiger charge is -2.14. The molecule has 0 aliphatic carbocycles. The normalized spacial score (nSPS) is 11.9. The zero-order valence-corrected chi connectivity index (χ0v) is 25.5. The van der Waals surface area contributed by atoms with Crippen LogP contribution in [-0.2, 0) is 0 Å². The number of rotatable bonds is 3. The van der Waals surface area contributed by atoms with Crippen molar-refractivity contribution >= 4 is 75.0 Å². The molecule has 0 spiro atoms. The van der Waals surface area contributed by atoms with Gasteiger partial charge in [0.1, 0.15) is 5.82 Å². The summed E-state index contributed by atoms with van der Waals surface area (Å²) in [5, 5.41) is 8.40. The van der Waals surface area contributed by atoms with Gasteiger partial charge in [0.2, 0.25) is 0 Å². The molecule has 3 aromatic heterocycles. The van der Waals surface area contributed by atoms with Crippen LogP contribution in [0.5, 0.6) is 0 Å². The maximum atomic E-state index is 5.48. The molecule has 4 heteroatoms. The largest absolute Gasteiger partial charge is 0.293 e. The number of aromatic nitrogens is 3. The minimum atomic E-state index is 0.733. The van der Waals surface area contributed by atoms with Gasteiger partial charge in [-0.05, 0) is 64.4 Å². The summed E-state index contributed by atoms with van der Waals surface area (Å²) in [4.78, 5) is 10.8. The molecular weight excluding hydrogens is 579 g/mol. The Morgan fingerprint density at radius 1 is 0.457 bits per heavy atom. The SMILES string of the molecule is c1ccc(-c2ccc3c(-n4c5ccccc5c5cc6ccccc6cc54)nc(-c4cccc5c4sc4ccccc45)nc3c2)cc1. The average Bonchev–Trinajstić information content (AvgIpc) is 3.66. The number of nitrogens with zero attached hydrogens (tertiary/aromatic N) is 3. The number of benzene rings is 7. The van der Waals surface area contributed by atoms with E-state index in [1.807, 2.05) is 11.3 Å². The first-order chi connectivity index (χ1) is 22.8. The van der Waals surface area contributed by atoms with E-state index in [-0.39, 0.29) is 0 Å². The molecule has 0 unspecified atom stereocenters. The molecule has 0 bridgehead atoms. The topological polar surface area (TPSA) is 30.7 Å². The van der Waals surface area contributed by atoms with Crippen LogP contribution in [0.3, 0.4) is 0 Å². The van der Waals surface area contributed by atoms with E-state index < -0.39 is 0 Å². The quantitative estimate of drug-likeness (QED) is 0.201. The smallest absolute Gasteiger partial charge is 0.163 e. The molecule has 0 aliphatic rings. The molecule has 214 valence electrons. The fourth-order valence-corrected chi connectivity index (χ4v) is 8.23. The highest BCUT2D eigenvalue weighted by molar-refractivity contribution is 7.26. The van der Waals surface area contributed by atoms with Gasteiger partial charge in [-0.15, -0.1) is 11.3 Å². The molecule has 0 fully saturated rings. The van der Waals surface area contributed by atoms with Crippen molar-refractivity contribution in [1.82, 2.24) is 14.5 Å². The van der Waals surface area contributed by atoms with Crippen molar-refractivity contribution in [2.24, 2.45) is 0 Å². The molecule has 0 amide bonds. The van der Waals surface area contributed by atoms with Crippen molar-refractivity contribution in [2.75, 3.05) is 0 Å². The molecular formula is C42H25N3S. The summed E-state index contributed by atoms with van der Waals surface area (Å²) >= 11 is 1.81. The Morgan fingerprint density at radius 3 is 2.09 bits per heavy atom. The summed E-state index contributed by atoms with van der Waals surface area (Å²) in [6, 6.07) is 54.2. The van der Waals surface area contributed by atoms with Crippen LogP contribution in [0, 0.1) is 0 Å². The van der Waals surface area contributed by atoms with Crippen molar-refractivity contribution in [3.05, 3.63) is 152 Å². The second-order valence-corrected chi connectivity index (χ2v) is 12.9. The molecule has 0 aliphatic heterocycles. The molecule has 0 saturated heterocycles. The molecule has 10 aromatic rings. The zero-order valence-electron chi connectivity index (χ0n) is 24.7. The van der Waals surface area contributed by atoms with Crippen LogP contribution in [0.4, 0.5) is 0 Å². The molecule has 0 N–H and O–H groups in total. The van der Waals surface area contributed by atoms with Crippen molar-refractivity contribution in [3.8, 4) is 28.3 Å². The van der Waals surface area contributed by atoms with Gasteiger partial charge in [0.15, 0.2) is 5.82 Å². The Bertz CT molecular complexity index is 2810. The van der Waals surface area contributed by atoms with Crippen LogP contribution < -0.4 is 0 Å². The van der Waals surface area contributed by atoms with E-state index in [9.17, 15) is 0 Å². The average molecular weight is 604 g/mol. The Kier molecular flexibility index (Phi) is 5.45. The van der Waals surface area contributed by atoms with Gasteiger partial charge in [-0.1, -0.05) is 109 Å². The van der Waals surface area contributed by atoms with E-state index in [2.05, 4.69) is 156 Å². The highest BCUT2D eigenvalue weighted by atomic mass is 32.1. The minimum absolute atomic E-state index is 0.733. The predicted molar refractivity (Wildman–Crippen MR) is 195 cm³/mol. The van der Waals surface area contributed by atoms with E-state index in [0.29, 0.717) is 0 Å². The molecule has 10 rings (SSSR count). The maximum absolute atomic E-state index is 5.48. The third-order valence-electron chi connectivity index (χ3n) is 9.18. The van der Waals surface area contributed by atoms with Gasteiger partial charge in [-0.2, -0.15) is 0 Å². The summed E-state index contributed by atoms with van der Waals surface area (Å²) in [6.07, 6.45) is 0. The molecule has 0 radical (unpaired) electrons. The lowest BCUT2D eigenvalue weighted by atomic mass is 10.0. The number of para-hydroxylation sites is 1. The van der Waals surface area contributed by atoms with Crippen LogP contribution in [0.1, 0.15) is 0 Å². The molecule has 0 atom stereocenters. The first-order valence-electron chi connectivity index (χ1n) is 15.5. The van der Waals surface area contributed by atoms with E-state index in [0.717, 1.165) is 44.7 Å². The number of thiophene rings is 1. The van der Waals surface area contributed by atoms with Crippen LogP contribution in [0.15, 0.2) is 152 Å². The highest BCUT2D eigenvalue weighted by Gasteiger charge is 2.20. The first kappa shape index (κ1) is 25.5. The second kappa shape index (κ2) is 9.83. The Labute approximate surface area is 268 Å². The summed E-state index contributed by atoms with van der Waals surface area (Å²) in [5.74, 6) is 1.62. The van der Waals surface area contributed by atoms with Crippen molar-refractivity contribution in [1.29, 1.82) is 0 Å². The molecule has 0 saturated carbocycles. The van der Waals surface area contributed by atoms with Crippen LogP contribution in [-0.4, -0.2) is 14.5 Å². The van der Waals surface area contributed by atoms with E-state index in [1.54, 1.807) is 0 Å². The number of hydrogen-bond acceptors (Lipinski definition) is 3. The minimum Gasteiger partial charge on any atom is -0.293 e. The van der Waals surface area contributed by atoms with Gasteiger partial charge >= 0.3 is 0 Å². The Balaban J connectivity index is 1.34. The van der Waals surface area contributed by atoms with Crippen LogP contribution in [0.2, 0.25) is 0 Å².